The first-order valence-electron chi connectivity index (χ1n) is 6.52. The standard InChI is InChI=1S/C13H18ClIN2O/c1-2-7-18-8-10-16-12(9-5-3-4-6-9)11(15)13(14)17-10/h9H,2-8H2,1H3. The Morgan fingerprint density at radius 1 is 1.33 bits per heavy atom. The van der Waals surface area contributed by atoms with E-state index in [1.54, 1.807) is 0 Å². The monoisotopic (exact) mass is 380 g/mol. The Balaban J connectivity index is 2.16. The van der Waals surface area contributed by atoms with E-state index in [-0.39, 0.29) is 0 Å². The number of rotatable bonds is 5. The molecule has 1 aliphatic rings. The van der Waals surface area contributed by atoms with Crippen LogP contribution >= 0.6 is 34.2 Å². The van der Waals surface area contributed by atoms with Gasteiger partial charge in [0.25, 0.3) is 0 Å². The summed E-state index contributed by atoms with van der Waals surface area (Å²) in [5.74, 6) is 1.28. The summed E-state index contributed by atoms with van der Waals surface area (Å²) in [6, 6.07) is 0. The van der Waals surface area contributed by atoms with Crippen LogP contribution < -0.4 is 0 Å². The summed E-state index contributed by atoms with van der Waals surface area (Å²) in [6.07, 6.45) is 6.04. The summed E-state index contributed by atoms with van der Waals surface area (Å²) in [6.45, 7) is 3.29. The summed E-state index contributed by atoms with van der Waals surface area (Å²) < 4.78 is 6.51. The van der Waals surface area contributed by atoms with E-state index < -0.39 is 0 Å². The maximum atomic E-state index is 6.20. The van der Waals surface area contributed by atoms with Crippen molar-refractivity contribution in [1.82, 2.24) is 9.97 Å². The molecule has 1 aromatic heterocycles. The van der Waals surface area contributed by atoms with Gasteiger partial charge in [-0.05, 0) is 41.9 Å². The van der Waals surface area contributed by atoms with E-state index in [0.29, 0.717) is 17.7 Å². The Morgan fingerprint density at radius 2 is 2.06 bits per heavy atom. The van der Waals surface area contributed by atoms with Crippen molar-refractivity contribution in [2.24, 2.45) is 0 Å². The van der Waals surface area contributed by atoms with Gasteiger partial charge < -0.3 is 4.74 Å². The molecule has 1 aliphatic carbocycles. The van der Waals surface area contributed by atoms with Crippen LogP contribution in [0.2, 0.25) is 5.15 Å². The summed E-state index contributed by atoms with van der Waals surface area (Å²) in [4.78, 5) is 8.96. The Bertz CT molecular complexity index is 408. The smallest absolute Gasteiger partial charge is 0.156 e. The van der Waals surface area contributed by atoms with Crippen LogP contribution in [0.25, 0.3) is 0 Å². The third kappa shape index (κ3) is 3.54. The van der Waals surface area contributed by atoms with Gasteiger partial charge in [0.05, 0.1) is 9.26 Å². The van der Waals surface area contributed by atoms with Crippen LogP contribution in [0.15, 0.2) is 0 Å². The van der Waals surface area contributed by atoms with Crippen molar-refractivity contribution in [3.63, 3.8) is 0 Å². The second-order valence-electron chi connectivity index (χ2n) is 4.66. The maximum Gasteiger partial charge on any atom is 0.156 e. The molecule has 18 heavy (non-hydrogen) atoms. The van der Waals surface area contributed by atoms with Crippen molar-refractivity contribution in [3.05, 3.63) is 20.2 Å². The zero-order valence-corrected chi connectivity index (χ0v) is 13.5. The molecule has 0 aliphatic heterocycles. The molecule has 5 heteroatoms. The summed E-state index contributed by atoms with van der Waals surface area (Å²) in [5, 5.41) is 0.572. The number of hydrogen-bond acceptors (Lipinski definition) is 3. The van der Waals surface area contributed by atoms with Gasteiger partial charge in [-0.1, -0.05) is 31.4 Å². The second kappa shape index (κ2) is 7.01. The molecule has 0 saturated heterocycles. The summed E-state index contributed by atoms with van der Waals surface area (Å²) >= 11 is 8.45. The number of ether oxygens (including phenoxy) is 1. The molecule has 100 valence electrons. The van der Waals surface area contributed by atoms with Crippen LogP contribution in [-0.4, -0.2) is 16.6 Å². The molecular formula is C13H18ClIN2O. The van der Waals surface area contributed by atoms with Crippen LogP contribution in [0.1, 0.15) is 56.5 Å². The molecule has 1 saturated carbocycles. The van der Waals surface area contributed by atoms with Gasteiger partial charge in [-0.3, -0.25) is 0 Å². The molecule has 0 bridgehead atoms. The fourth-order valence-electron chi connectivity index (χ4n) is 2.32. The van der Waals surface area contributed by atoms with Crippen molar-refractivity contribution in [2.75, 3.05) is 6.61 Å². The van der Waals surface area contributed by atoms with Crippen molar-refractivity contribution in [2.45, 2.75) is 51.6 Å². The van der Waals surface area contributed by atoms with Gasteiger partial charge in [0.2, 0.25) is 0 Å². The average Bonchev–Trinajstić information content (AvgIpc) is 2.87. The van der Waals surface area contributed by atoms with Crippen molar-refractivity contribution >= 4 is 34.2 Å². The molecule has 1 aromatic rings. The van der Waals surface area contributed by atoms with Gasteiger partial charge in [-0.15, -0.1) is 0 Å². The van der Waals surface area contributed by atoms with Crippen LogP contribution in [0.4, 0.5) is 0 Å². The van der Waals surface area contributed by atoms with Crippen molar-refractivity contribution in [3.8, 4) is 0 Å². The lowest BCUT2D eigenvalue weighted by atomic mass is 10.0. The zero-order chi connectivity index (χ0) is 13.0. The SMILES string of the molecule is CCCOCc1nc(Cl)c(I)c(C2CCCC2)n1. The molecule has 0 amide bonds. The van der Waals surface area contributed by atoms with Crippen molar-refractivity contribution in [1.29, 1.82) is 0 Å². The second-order valence-corrected chi connectivity index (χ2v) is 6.10. The molecule has 0 atom stereocenters. The van der Waals surface area contributed by atoms with Gasteiger partial charge >= 0.3 is 0 Å². The van der Waals surface area contributed by atoms with E-state index in [4.69, 9.17) is 16.3 Å². The van der Waals surface area contributed by atoms with E-state index in [2.05, 4.69) is 39.5 Å². The van der Waals surface area contributed by atoms with E-state index >= 15 is 0 Å². The fourth-order valence-corrected chi connectivity index (χ4v) is 3.20. The topological polar surface area (TPSA) is 35.0 Å². The minimum atomic E-state index is 0.462. The average molecular weight is 381 g/mol. The predicted molar refractivity (Wildman–Crippen MR) is 80.9 cm³/mol. The number of hydrogen-bond donors (Lipinski definition) is 0. The molecule has 0 N–H and O–H groups in total. The molecule has 1 heterocycles. The highest BCUT2D eigenvalue weighted by Crippen LogP contribution is 2.36. The Kier molecular flexibility index (Phi) is 5.63. The lowest BCUT2D eigenvalue weighted by Gasteiger charge is -2.13. The van der Waals surface area contributed by atoms with Gasteiger partial charge in [0.15, 0.2) is 5.82 Å². The highest BCUT2D eigenvalue weighted by atomic mass is 127. The van der Waals surface area contributed by atoms with E-state index in [0.717, 1.165) is 28.1 Å². The van der Waals surface area contributed by atoms with Crippen LogP contribution in [0, 0.1) is 3.57 Å². The number of halogens is 2. The minimum Gasteiger partial charge on any atom is -0.373 e. The molecular weight excluding hydrogens is 363 g/mol. The quantitative estimate of drug-likeness (QED) is 0.433. The van der Waals surface area contributed by atoms with E-state index in [1.807, 2.05) is 0 Å². The third-order valence-corrected chi connectivity index (χ3v) is 4.86. The summed E-state index contributed by atoms with van der Waals surface area (Å²) in [5.41, 5.74) is 1.13. The molecule has 0 spiro atoms. The summed E-state index contributed by atoms with van der Waals surface area (Å²) in [7, 11) is 0. The van der Waals surface area contributed by atoms with Crippen LogP contribution in [0.3, 0.4) is 0 Å². The molecule has 0 radical (unpaired) electrons. The highest BCUT2D eigenvalue weighted by molar-refractivity contribution is 14.1. The lowest BCUT2D eigenvalue weighted by molar-refractivity contribution is 0.116. The Hall–Kier alpha value is 0.0600. The first-order chi connectivity index (χ1) is 8.72. The molecule has 0 unspecified atom stereocenters. The molecule has 2 rings (SSSR count). The first kappa shape index (κ1) is 14.5. The highest BCUT2D eigenvalue weighted by Gasteiger charge is 2.23. The molecule has 3 nitrogen and oxygen atoms in total. The van der Waals surface area contributed by atoms with Crippen molar-refractivity contribution < 1.29 is 4.74 Å². The van der Waals surface area contributed by atoms with Gasteiger partial charge in [0, 0.05) is 12.5 Å². The Morgan fingerprint density at radius 3 is 2.72 bits per heavy atom. The fraction of sp³-hybridized carbons (Fsp3) is 0.692. The zero-order valence-electron chi connectivity index (χ0n) is 10.6. The minimum absolute atomic E-state index is 0.462. The number of nitrogens with zero attached hydrogens (tertiary/aromatic N) is 2. The lowest BCUT2D eigenvalue weighted by Crippen LogP contribution is -2.08. The van der Waals surface area contributed by atoms with Crippen LogP contribution in [-0.2, 0) is 11.3 Å². The predicted octanol–water partition coefficient (Wildman–Crippen LogP) is 4.32. The normalized spacial score (nSPS) is 16.4. The Labute approximate surface area is 127 Å². The van der Waals surface area contributed by atoms with Gasteiger partial charge in [0.1, 0.15) is 11.8 Å². The third-order valence-electron chi connectivity index (χ3n) is 3.20. The number of aromatic nitrogens is 2. The molecule has 0 aromatic carbocycles. The molecule has 1 fully saturated rings. The van der Waals surface area contributed by atoms with Gasteiger partial charge in [-0.2, -0.15) is 0 Å². The van der Waals surface area contributed by atoms with E-state index in [9.17, 15) is 0 Å². The first-order valence-corrected chi connectivity index (χ1v) is 7.97. The van der Waals surface area contributed by atoms with Crippen LogP contribution in [0.5, 0.6) is 0 Å². The maximum absolute atomic E-state index is 6.20. The van der Waals surface area contributed by atoms with Gasteiger partial charge in [-0.25, -0.2) is 9.97 Å². The van der Waals surface area contributed by atoms with E-state index in [1.165, 1.54) is 25.7 Å². The largest absolute Gasteiger partial charge is 0.373 e.